The SMILES string of the molecule is CN(C)c1ccc(CNC(=O)C2CC2)cn1. The summed E-state index contributed by atoms with van der Waals surface area (Å²) in [5.41, 5.74) is 1.04. The minimum absolute atomic E-state index is 0.177. The summed E-state index contributed by atoms with van der Waals surface area (Å²) in [6.45, 7) is 0.579. The molecule has 1 amide bonds. The minimum atomic E-state index is 0.177. The van der Waals surface area contributed by atoms with Gasteiger partial charge in [0.05, 0.1) is 0 Å². The van der Waals surface area contributed by atoms with Crippen molar-refractivity contribution in [3.63, 3.8) is 0 Å². The normalized spacial score (nSPS) is 14.6. The Balaban J connectivity index is 1.87. The van der Waals surface area contributed by atoms with E-state index in [4.69, 9.17) is 0 Å². The van der Waals surface area contributed by atoms with E-state index < -0.39 is 0 Å². The van der Waals surface area contributed by atoms with Gasteiger partial charge in [-0.15, -0.1) is 0 Å². The second-order valence-electron chi connectivity index (χ2n) is 4.41. The number of pyridine rings is 1. The fourth-order valence-corrected chi connectivity index (χ4v) is 1.46. The maximum atomic E-state index is 11.4. The molecule has 0 aliphatic heterocycles. The Morgan fingerprint density at radius 1 is 1.50 bits per heavy atom. The number of aromatic nitrogens is 1. The summed E-state index contributed by atoms with van der Waals surface area (Å²) < 4.78 is 0. The molecule has 0 unspecified atom stereocenters. The molecule has 0 atom stereocenters. The van der Waals surface area contributed by atoms with Crippen LogP contribution in [0.2, 0.25) is 0 Å². The van der Waals surface area contributed by atoms with E-state index in [1.807, 2.05) is 37.3 Å². The lowest BCUT2D eigenvalue weighted by atomic mass is 10.2. The molecule has 16 heavy (non-hydrogen) atoms. The number of carbonyl (C=O) groups is 1. The van der Waals surface area contributed by atoms with Crippen molar-refractivity contribution in [3.05, 3.63) is 23.9 Å². The molecule has 0 spiro atoms. The molecule has 1 saturated carbocycles. The molecule has 1 aromatic rings. The molecule has 0 radical (unpaired) electrons. The molecule has 0 aromatic carbocycles. The molecule has 0 saturated heterocycles. The van der Waals surface area contributed by atoms with Crippen LogP contribution >= 0.6 is 0 Å². The topological polar surface area (TPSA) is 45.2 Å². The highest BCUT2D eigenvalue weighted by atomic mass is 16.2. The van der Waals surface area contributed by atoms with Crippen molar-refractivity contribution >= 4 is 11.7 Å². The third kappa shape index (κ3) is 2.72. The molecule has 86 valence electrons. The third-order valence-electron chi connectivity index (χ3n) is 2.68. The Kier molecular flexibility index (Phi) is 3.08. The fraction of sp³-hybridized carbons (Fsp3) is 0.500. The Labute approximate surface area is 95.7 Å². The third-order valence-corrected chi connectivity index (χ3v) is 2.68. The van der Waals surface area contributed by atoms with Crippen LogP contribution in [0, 0.1) is 5.92 Å². The number of nitrogens with zero attached hydrogens (tertiary/aromatic N) is 2. The number of rotatable bonds is 4. The first-order valence-corrected chi connectivity index (χ1v) is 5.57. The van der Waals surface area contributed by atoms with E-state index in [1.165, 1.54) is 0 Å². The molecule has 1 aliphatic carbocycles. The van der Waals surface area contributed by atoms with Gasteiger partial charge in [0.25, 0.3) is 0 Å². The van der Waals surface area contributed by atoms with Crippen LogP contribution in [0.4, 0.5) is 5.82 Å². The van der Waals surface area contributed by atoms with Gasteiger partial charge in [-0.3, -0.25) is 4.79 Å². The van der Waals surface area contributed by atoms with Crippen LogP contribution in [0.5, 0.6) is 0 Å². The predicted molar refractivity (Wildman–Crippen MR) is 63.1 cm³/mol. The van der Waals surface area contributed by atoms with Crippen LogP contribution < -0.4 is 10.2 Å². The second-order valence-corrected chi connectivity index (χ2v) is 4.41. The molecule has 4 heteroatoms. The summed E-state index contributed by atoms with van der Waals surface area (Å²) in [5.74, 6) is 1.38. The largest absolute Gasteiger partial charge is 0.363 e. The summed E-state index contributed by atoms with van der Waals surface area (Å²) in [4.78, 5) is 17.7. The number of nitrogens with one attached hydrogen (secondary N) is 1. The smallest absolute Gasteiger partial charge is 0.223 e. The molecule has 4 nitrogen and oxygen atoms in total. The summed E-state index contributed by atoms with van der Waals surface area (Å²) >= 11 is 0. The number of hydrogen-bond acceptors (Lipinski definition) is 3. The summed E-state index contributed by atoms with van der Waals surface area (Å²) in [7, 11) is 3.91. The van der Waals surface area contributed by atoms with E-state index in [9.17, 15) is 4.79 Å². The number of carbonyl (C=O) groups excluding carboxylic acids is 1. The van der Waals surface area contributed by atoms with Crippen molar-refractivity contribution in [1.29, 1.82) is 0 Å². The van der Waals surface area contributed by atoms with Crippen molar-refractivity contribution in [1.82, 2.24) is 10.3 Å². The lowest BCUT2D eigenvalue weighted by molar-refractivity contribution is -0.122. The Morgan fingerprint density at radius 3 is 2.75 bits per heavy atom. The van der Waals surface area contributed by atoms with Crippen LogP contribution in [0.3, 0.4) is 0 Å². The first-order valence-electron chi connectivity index (χ1n) is 5.57. The number of amides is 1. The fourth-order valence-electron chi connectivity index (χ4n) is 1.46. The van der Waals surface area contributed by atoms with E-state index in [1.54, 1.807) is 0 Å². The van der Waals surface area contributed by atoms with E-state index in [0.717, 1.165) is 24.2 Å². The van der Waals surface area contributed by atoms with Crippen LogP contribution in [0.15, 0.2) is 18.3 Å². The summed E-state index contributed by atoms with van der Waals surface area (Å²) in [6, 6.07) is 3.95. The zero-order chi connectivity index (χ0) is 11.5. The van der Waals surface area contributed by atoms with Crippen LogP contribution in [0.1, 0.15) is 18.4 Å². The van der Waals surface area contributed by atoms with Gasteiger partial charge in [-0.1, -0.05) is 6.07 Å². The van der Waals surface area contributed by atoms with Crippen molar-refractivity contribution < 1.29 is 4.79 Å². The molecule has 1 aromatic heterocycles. The number of hydrogen-bond donors (Lipinski definition) is 1. The lowest BCUT2D eigenvalue weighted by Crippen LogP contribution is -2.24. The molecular weight excluding hydrogens is 202 g/mol. The molecule has 2 rings (SSSR count). The Bertz CT molecular complexity index is 368. The maximum absolute atomic E-state index is 11.4. The van der Waals surface area contributed by atoms with Crippen molar-refractivity contribution in [2.24, 2.45) is 5.92 Å². The highest BCUT2D eigenvalue weighted by Crippen LogP contribution is 2.28. The molecule has 1 heterocycles. The van der Waals surface area contributed by atoms with Crippen molar-refractivity contribution in [3.8, 4) is 0 Å². The van der Waals surface area contributed by atoms with Gasteiger partial charge in [0, 0.05) is 32.8 Å². The Morgan fingerprint density at radius 2 is 2.25 bits per heavy atom. The van der Waals surface area contributed by atoms with Crippen molar-refractivity contribution in [2.75, 3.05) is 19.0 Å². The first-order chi connectivity index (χ1) is 7.66. The first kappa shape index (κ1) is 10.9. The van der Waals surface area contributed by atoms with Gasteiger partial charge in [-0.05, 0) is 24.5 Å². The van der Waals surface area contributed by atoms with Crippen LogP contribution in [-0.4, -0.2) is 25.0 Å². The summed E-state index contributed by atoms with van der Waals surface area (Å²) in [6.07, 6.45) is 3.90. The molecule has 1 N–H and O–H groups in total. The quantitative estimate of drug-likeness (QED) is 0.827. The molecular formula is C12H17N3O. The molecule has 1 aliphatic rings. The van der Waals surface area contributed by atoms with Gasteiger partial charge in [-0.25, -0.2) is 4.98 Å². The van der Waals surface area contributed by atoms with Crippen molar-refractivity contribution in [2.45, 2.75) is 19.4 Å². The minimum Gasteiger partial charge on any atom is -0.363 e. The zero-order valence-corrected chi connectivity index (χ0v) is 9.73. The van der Waals surface area contributed by atoms with Gasteiger partial charge in [0.1, 0.15) is 5.82 Å². The average Bonchev–Trinajstić information content (AvgIpc) is 3.10. The highest BCUT2D eigenvalue weighted by Gasteiger charge is 2.29. The van der Waals surface area contributed by atoms with E-state index in [2.05, 4.69) is 10.3 Å². The van der Waals surface area contributed by atoms with E-state index in [-0.39, 0.29) is 11.8 Å². The lowest BCUT2D eigenvalue weighted by Gasteiger charge is -2.11. The van der Waals surface area contributed by atoms with Crippen LogP contribution in [-0.2, 0) is 11.3 Å². The maximum Gasteiger partial charge on any atom is 0.223 e. The molecule has 0 bridgehead atoms. The number of anilines is 1. The average molecular weight is 219 g/mol. The van der Waals surface area contributed by atoms with Crippen LogP contribution in [0.25, 0.3) is 0 Å². The second kappa shape index (κ2) is 4.51. The predicted octanol–water partition coefficient (Wildman–Crippen LogP) is 1.17. The van der Waals surface area contributed by atoms with E-state index >= 15 is 0 Å². The zero-order valence-electron chi connectivity index (χ0n) is 9.73. The Hall–Kier alpha value is -1.58. The standard InChI is InChI=1S/C12H17N3O/c1-15(2)11-6-3-9(7-13-11)8-14-12(16)10-4-5-10/h3,6-7,10H,4-5,8H2,1-2H3,(H,14,16). The van der Waals surface area contributed by atoms with Gasteiger partial charge >= 0.3 is 0 Å². The monoisotopic (exact) mass is 219 g/mol. The van der Waals surface area contributed by atoms with Gasteiger partial charge in [-0.2, -0.15) is 0 Å². The molecule has 1 fully saturated rings. The van der Waals surface area contributed by atoms with Gasteiger partial charge in [0.2, 0.25) is 5.91 Å². The summed E-state index contributed by atoms with van der Waals surface area (Å²) in [5, 5.41) is 2.92. The van der Waals surface area contributed by atoms with Gasteiger partial charge in [0.15, 0.2) is 0 Å². The van der Waals surface area contributed by atoms with E-state index in [0.29, 0.717) is 6.54 Å². The highest BCUT2D eigenvalue weighted by molar-refractivity contribution is 5.80. The van der Waals surface area contributed by atoms with Gasteiger partial charge < -0.3 is 10.2 Å².